The number of aliphatic carboxylic acids is 1. The SMILES string of the molecule is CCCC(CCC)NC1CC(N(CC)CC(=O)O)C1. The number of hydrogen-bond donors (Lipinski definition) is 2. The Morgan fingerprint density at radius 3 is 2.26 bits per heavy atom. The number of carboxylic acid groups (broad SMARTS) is 1. The molecule has 1 aliphatic rings. The van der Waals surface area contributed by atoms with Crippen LogP contribution in [0.5, 0.6) is 0 Å². The van der Waals surface area contributed by atoms with Crippen LogP contribution in [0.15, 0.2) is 0 Å². The molecule has 0 spiro atoms. The first-order valence-corrected chi connectivity index (χ1v) is 7.82. The van der Waals surface area contributed by atoms with Gasteiger partial charge in [0.15, 0.2) is 0 Å². The Kier molecular flexibility index (Phi) is 7.39. The second-order valence-electron chi connectivity index (χ2n) is 5.72. The second-order valence-corrected chi connectivity index (χ2v) is 5.72. The fourth-order valence-corrected chi connectivity index (χ4v) is 3.04. The zero-order valence-corrected chi connectivity index (χ0v) is 12.7. The Hall–Kier alpha value is -0.610. The summed E-state index contributed by atoms with van der Waals surface area (Å²) >= 11 is 0. The summed E-state index contributed by atoms with van der Waals surface area (Å²) in [5, 5.41) is 12.6. The Bertz CT molecular complexity index is 259. The Labute approximate surface area is 117 Å². The molecule has 0 aromatic heterocycles. The predicted octanol–water partition coefficient (Wildman–Crippen LogP) is 2.48. The minimum Gasteiger partial charge on any atom is -0.480 e. The normalized spacial score (nSPS) is 22.8. The lowest BCUT2D eigenvalue weighted by molar-refractivity contribution is -0.139. The largest absolute Gasteiger partial charge is 0.480 e. The number of hydrogen-bond acceptors (Lipinski definition) is 3. The average molecular weight is 270 g/mol. The number of likely N-dealkylation sites (N-methyl/N-ethyl adjacent to an activating group) is 1. The number of nitrogens with one attached hydrogen (secondary N) is 1. The van der Waals surface area contributed by atoms with Gasteiger partial charge in [0.1, 0.15) is 0 Å². The van der Waals surface area contributed by atoms with E-state index in [-0.39, 0.29) is 6.54 Å². The molecule has 19 heavy (non-hydrogen) atoms. The summed E-state index contributed by atoms with van der Waals surface area (Å²) < 4.78 is 0. The predicted molar refractivity (Wildman–Crippen MR) is 78.4 cm³/mol. The fraction of sp³-hybridized carbons (Fsp3) is 0.933. The maximum Gasteiger partial charge on any atom is 0.317 e. The third-order valence-electron chi connectivity index (χ3n) is 4.12. The molecule has 0 saturated heterocycles. The van der Waals surface area contributed by atoms with Crippen molar-refractivity contribution in [2.24, 2.45) is 0 Å². The maximum absolute atomic E-state index is 10.8. The molecule has 112 valence electrons. The standard InChI is InChI=1S/C15H30N2O2/c1-4-7-12(8-5-2)16-13-9-14(10-13)17(6-3)11-15(18)19/h12-14,16H,4-11H2,1-3H3,(H,18,19). The van der Waals surface area contributed by atoms with Crippen molar-refractivity contribution in [1.82, 2.24) is 10.2 Å². The molecule has 1 rings (SSSR count). The van der Waals surface area contributed by atoms with Gasteiger partial charge in [0.25, 0.3) is 0 Å². The van der Waals surface area contributed by atoms with Crippen molar-refractivity contribution in [2.75, 3.05) is 13.1 Å². The van der Waals surface area contributed by atoms with E-state index in [2.05, 4.69) is 24.1 Å². The fourth-order valence-electron chi connectivity index (χ4n) is 3.04. The van der Waals surface area contributed by atoms with E-state index in [9.17, 15) is 4.79 Å². The van der Waals surface area contributed by atoms with Crippen LogP contribution in [0.1, 0.15) is 59.3 Å². The van der Waals surface area contributed by atoms with E-state index < -0.39 is 5.97 Å². The van der Waals surface area contributed by atoms with Crippen LogP contribution in [0.2, 0.25) is 0 Å². The monoisotopic (exact) mass is 270 g/mol. The lowest BCUT2D eigenvalue weighted by atomic mass is 9.84. The van der Waals surface area contributed by atoms with Crippen molar-refractivity contribution in [1.29, 1.82) is 0 Å². The highest BCUT2D eigenvalue weighted by atomic mass is 16.4. The molecule has 1 aliphatic carbocycles. The van der Waals surface area contributed by atoms with E-state index in [1.807, 2.05) is 6.92 Å². The number of carbonyl (C=O) groups is 1. The smallest absolute Gasteiger partial charge is 0.317 e. The van der Waals surface area contributed by atoms with Crippen LogP contribution in [0.3, 0.4) is 0 Å². The van der Waals surface area contributed by atoms with E-state index in [1.165, 1.54) is 25.7 Å². The third kappa shape index (κ3) is 5.49. The summed E-state index contributed by atoms with van der Waals surface area (Å²) in [6, 6.07) is 1.70. The molecule has 2 N–H and O–H groups in total. The molecule has 0 aromatic carbocycles. The first-order valence-electron chi connectivity index (χ1n) is 7.82. The molecular formula is C15H30N2O2. The molecule has 0 heterocycles. The molecular weight excluding hydrogens is 240 g/mol. The van der Waals surface area contributed by atoms with Gasteiger partial charge in [-0.3, -0.25) is 9.69 Å². The number of carboxylic acids is 1. The molecule has 0 aliphatic heterocycles. The average Bonchev–Trinajstić information content (AvgIpc) is 2.31. The van der Waals surface area contributed by atoms with E-state index in [0.29, 0.717) is 18.1 Å². The van der Waals surface area contributed by atoms with Crippen molar-refractivity contribution >= 4 is 5.97 Å². The Morgan fingerprint density at radius 2 is 1.84 bits per heavy atom. The summed E-state index contributed by atoms with van der Waals surface area (Å²) in [4.78, 5) is 12.9. The van der Waals surface area contributed by atoms with E-state index in [4.69, 9.17) is 5.11 Å². The highest BCUT2D eigenvalue weighted by molar-refractivity contribution is 5.69. The lowest BCUT2D eigenvalue weighted by Gasteiger charge is -2.44. The van der Waals surface area contributed by atoms with Crippen LogP contribution in [-0.4, -0.2) is 47.2 Å². The van der Waals surface area contributed by atoms with Crippen molar-refractivity contribution < 1.29 is 9.90 Å². The second kappa shape index (κ2) is 8.54. The molecule has 4 heteroatoms. The zero-order valence-electron chi connectivity index (χ0n) is 12.7. The zero-order chi connectivity index (χ0) is 14.3. The van der Waals surface area contributed by atoms with Gasteiger partial charge in [0.05, 0.1) is 6.54 Å². The number of rotatable bonds is 10. The van der Waals surface area contributed by atoms with E-state index in [1.54, 1.807) is 0 Å². The van der Waals surface area contributed by atoms with Crippen molar-refractivity contribution in [3.05, 3.63) is 0 Å². The molecule has 0 bridgehead atoms. The molecule has 1 fully saturated rings. The van der Waals surface area contributed by atoms with Crippen LogP contribution in [0.4, 0.5) is 0 Å². The van der Waals surface area contributed by atoms with Crippen LogP contribution >= 0.6 is 0 Å². The number of nitrogens with zero attached hydrogens (tertiary/aromatic N) is 1. The van der Waals surface area contributed by atoms with Gasteiger partial charge in [-0.15, -0.1) is 0 Å². The van der Waals surface area contributed by atoms with Gasteiger partial charge in [-0.25, -0.2) is 0 Å². The quantitative estimate of drug-likeness (QED) is 0.640. The Balaban J connectivity index is 2.29. The molecule has 0 amide bonds. The molecule has 0 unspecified atom stereocenters. The van der Waals surface area contributed by atoms with E-state index in [0.717, 1.165) is 19.4 Å². The van der Waals surface area contributed by atoms with Gasteiger partial charge in [-0.1, -0.05) is 33.6 Å². The van der Waals surface area contributed by atoms with Crippen LogP contribution in [-0.2, 0) is 4.79 Å². The summed E-state index contributed by atoms with van der Waals surface area (Å²) in [6.45, 7) is 7.53. The van der Waals surface area contributed by atoms with Gasteiger partial charge in [0, 0.05) is 18.1 Å². The lowest BCUT2D eigenvalue weighted by Crippen LogP contribution is -2.55. The van der Waals surface area contributed by atoms with Gasteiger partial charge in [0.2, 0.25) is 0 Å². The van der Waals surface area contributed by atoms with Crippen molar-refractivity contribution in [3.63, 3.8) is 0 Å². The van der Waals surface area contributed by atoms with E-state index >= 15 is 0 Å². The summed E-state index contributed by atoms with van der Waals surface area (Å²) in [7, 11) is 0. The first-order chi connectivity index (χ1) is 9.10. The summed E-state index contributed by atoms with van der Waals surface area (Å²) in [5.41, 5.74) is 0. The highest BCUT2D eigenvalue weighted by Gasteiger charge is 2.34. The van der Waals surface area contributed by atoms with Crippen LogP contribution < -0.4 is 5.32 Å². The minimum atomic E-state index is -0.715. The molecule has 1 saturated carbocycles. The van der Waals surface area contributed by atoms with Crippen LogP contribution in [0.25, 0.3) is 0 Å². The van der Waals surface area contributed by atoms with Gasteiger partial charge < -0.3 is 10.4 Å². The van der Waals surface area contributed by atoms with Crippen molar-refractivity contribution in [2.45, 2.75) is 77.4 Å². The van der Waals surface area contributed by atoms with Gasteiger partial charge in [-0.05, 0) is 32.2 Å². The topological polar surface area (TPSA) is 52.6 Å². The maximum atomic E-state index is 10.8. The molecule has 0 radical (unpaired) electrons. The van der Waals surface area contributed by atoms with Crippen LogP contribution in [0, 0.1) is 0 Å². The summed E-state index contributed by atoms with van der Waals surface area (Å²) in [6.07, 6.45) is 7.17. The molecule has 4 nitrogen and oxygen atoms in total. The third-order valence-corrected chi connectivity index (χ3v) is 4.12. The highest BCUT2D eigenvalue weighted by Crippen LogP contribution is 2.26. The van der Waals surface area contributed by atoms with Crippen molar-refractivity contribution in [3.8, 4) is 0 Å². The molecule has 0 aromatic rings. The summed E-state index contributed by atoms with van der Waals surface area (Å²) in [5.74, 6) is -0.715. The van der Waals surface area contributed by atoms with Gasteiger partial charge >= 0.3 is 5.97 Å². The molecule has 0 atom stereocenters. The minimum absolute atomic E-state index is 0.182. The Morgan fingerprint density at radius 1 is 1.26 bits per heavy atom. The first kappa shape index (κ1) is 16.4. The van der Waals surface area contributed by atoms with Gasteiger partial charge in [-0.2, -0.15) is 0 Å².